The molecule has 0 bridgehead atoms. The van der Waals surface area contributed by atoms with Gasteiger partial charge in [0.25, 0.3) is 5.56 Å². The van der Waals surface area contributed by atoms with Crippen molar-refractivity contribution in [2.24, 2.45) is 0 Å². The average molecular weight is 493 g/mol. The summed E-state index contributed by atoms with van der Waals surface area (Å²) in [6, 6.07) is 20.7. The normalized spacial score (nSPS) is 12.3. The molecule has 3 aromatic carbocycles. The predicted molar refractivity (Wildman–Crippen MR) is 140 cm³/mol. The van der Waals surface area contributed by atoms with E-state index in [-0.39, 0.29) is 17.4 Å². The summed E-state index contributed by atoms with van der Waals surface area (Å²) in [5.41, 5.74) is 9.00. The van der Waals surface area contributed by atoms with Gasteiger partial charge in [0, 0.05) is 22.8 Å². The lowest BCUT2D eigenvalue weighted by molar-refractivity contribution is 0.432. The number of nitrogens with two attached hydrogens (primary N) is 1. The molecule has 1 unspecified atom stereocenters. The van der Waals surface area contributed by atoms with Gasteiger partial charge in [-0.3, -0.25) is 9.36 Å². The molecule has 182 valence electrons. The number of aromatic nitrogens is 5. The van der Waals surface area contributed by atoms with Crippen molar-refractivity contribution in [2.45, 2.75) is 13.0 Å². The first kappa shape index (κ1) is 22.4. The Morgan fingerprint density at radius 2 is 1.84 bits per heavy atom. The summed E-state index contributed by atoms with van der Waals surface area (Å²) in [4.78, 5) is 21.7. The predicted octanol–water partition coefficient (Wildman–Crippen LogP) is 4.83. The molecule has 3 aromatic heterocycles. The van der Waals surface area contributed by atoms with Crippen LogP contribution < -0.4 is 11.3 Å². The standard InChI is InChI=1S/C28H21FN6O2/c1-16(18-6-4-7-20(13-18)34-12-11-17-5-2-3-8-21(17)28(34)37)35-27-24(26(30)31-15-32-27)25(33-35)19-9-10-23(36)22(29)14-19/h2-16,36H,1H3,(H2,30,31,32). The summed E-state index contributed by atoms with van der Waals surface area (Å²) in [5.74, 6) is -1.01. The maximum Gasteiger partial charge on any atom is 0.262 e. The van der Waals surface area contributed by atoms with E-state index in [0.717, 1.165) is 10.9 Å². The number of pyridine rings is 1. The smallest absolute Gasteiger partial charge is 0.262 e. The zero-order valence-corrected chi connectivity index (χ0v) is 19.7. The summed E-state index contributed by atoms with van der Waals surface area (Å²) < 4.78 is 17.5. The number of nitrogens with zero attached hydrogens (tertiary/aromatic N) is 5. The summed E-state index contributed by atoms with van der Waals surface area (Å²) in [7, 11) is 0. The van der Waals surface area contributed by atoms with Crippen LogP contribution in [0.5, 0.6) is 5.75 Å². The van der Waals surface area contributed by atoms with Crippen molar-refractivity contribution in [2.75, 3.05) is 5.73 Å². The molecule has 0 aliphatic carbocycles. The fourth-order valence-corrected chi connectivity index (χ4v) is 4.59. The van der Waals surface area contributed by atoms with E-state index < -0.39 is 11.6 Å². The van der Waals surface area contributed by atoms with E-state index in [4.69, 9.17) is 10.8 Å². The monoisotopic (exact) mass is 492 g/mol. The number of phenols is 1. The lowest BCUT2D eigenvalue weighted by Crippen LogP contribution is -2.18. The van der Waals surface area contributed by atoms with Gasteiger partial charge in [-0.25, -0.2) is 19.0 Å². The van der Waals surface area contributed by atoms with Gasteiger partial charge in [0.15, 0.2) is 17.2 Å². The van der Waals surface area contributed by atoms with Crippen molar-refractivity contribution in [1.82, 2.24) is 24.3 Å². The van der Waals surface area contributed by atoms with Crippen molar-refractivity contribution in [3.8, 4) is 22.7 Å². The summed E-state index contributed by atoms with van der Waals surface area (Å²) in [6.07, 6.45) is 3.12. The number of anilines is 1. The Labute approximate surface area is 210 Å². The molecule has 9 heteroatoms. The second-order valence-corrected chi connectivity index (χ2v) is 8.77. The molecule has 0 aliphatic heterocycles. The number of rotatable bonds is 4. The lowest BCUT2D eigenvalue weighted by Gasteiger charge is -2.15. The van der Waals surface area contributed by atoms with Crippen LogP contribution >= 0.6 is 0 Å². The van der Waals surface area contributed by atoms with Gasteiger partial charge >= 0.3 is 0 Å². The third-order valence-electron chi connectivity index (χ3n) is 6.55. The van der Waals surface area contributed by atoms with Gasteiger partial charge in [-0.05, 0) is 60.3 Å². The number of nitrogen functional groups attached to an aromatic ring is 1. The zero-order valence-electron chi connectivity index (χ0n) is 19.7. The van der Waals surface area contributed by atoms with Gasteiger partial charge in [-0.2, -0.15) is 5.10 Å². The average Bonchev–Trinajstić information content (AvgIpc) is 3.31. The van der Waals surface area contributed by atoms with E-state index in [0.29, 0.717) is 33.4 Å². The highest BCUT2D eigenvalue weighted by molar-refractivity contribution is 5.98. The fourth-order valence-electron chi connectivity index (χ4n) is 4.59. The van der Waals surface area contributed by atoms with Crippen LogP contribution in [-0.4, -0.2) is 29.4 Å². The van der Waals surface area contributed by atoms with Gasteiger partial charge in [0.1, 0.15) is 17.8 Å². The zero-order chi connectivity index (χ0) is 25.7. The Kier molecular flexibility index (Phi) is 5.19. The molecule has 0 saturated heterocycles. The Morgan fingerprint density at radius 1 is 1.00 bits per heavy atom. The molecule has 8 nitrogen and oxygen atoms in total. The minimum atomic E-state index is -0.766. The van der Waals surface area contributed by atoms with Crippen LogP contribution in [-0.2, 0) is 0 Å². The highest BCUT2D eigenvalue weighted by Crippen LogP contribution is 2.34. The van der Waals surface area contributed by atoms with Crippen molar-refractivity contribution < 1.29 is 9.50 Å². The number of fused-ring (bicyclic) bond motifs is 2. The molecule has 0 amide bonds. The van der Waals surface area contributed by atoms with Crippen LogP contribution in [0.3, 0.4) is 0 Å². The summed E-state index contributed by atoms with van der Waals surface area (Å²) >= 11 is 0. The molecular weight excluding hydrogens is 471 g/mol. The van der Waals surface area contributed by atoms with Gasteiger partial charge in [-0.15, -0.1) is 0 Å². The maximum absolute atomic E-state index is 14.2. The number of aromatic hydroxyl groups is 1. The lowest BCUT2D eigenvalue weighted by atomic mass is 10.1. The van der Waals surface area contributed by atoms with Crippen LogP contribution in [0, 0.1) is 5.82 Å². The Hall–Kier alpha value is -5.05. The molecule has 0 radical (unpaired) electrons. The molecule has 6 rings (SSSR count). The second-order valence-electron chi connectivity index (χ2n) is 8.77. The van der Waals surface area contributed by atoms with Crippen molar-refractivity contribution >= 4 is 27.6 Å². The Bertz CT molecular complexity index is 1880. The van der Waals surface area contributed by atoms with E-state index in [1.54, 1.807) is 21.5 Å². The van der Waals surface area contributed by atoms with Gasteiger partial charge in [0.2, 0.25) is 0 Å². The number of halogens is 1. The minimum Gasteiger partial charge on any atom is -0.505 e. The van der Waals surface area contributed by atoms with Crippen molar-refractivity contribution in [3.05, 3.63) is 107 Å². The molecular formula is C28H21FN6O2. The van der Waals surface area contributed by atoms with E-state index in [9.17, 15) is 14.3 Å². The van der Waals surface area contributed by atoms with E-state index >= 15 is 0 Å². The Balaban J connectivity index is 1.48. The van der Waals surface area contributed by atoms with Crippen LogP contribution in [0.1, 0.15) is 18.5 Å². The van der Waals surface area contributed by atoms with E-state index in [1.165, 1.54) is 18.5 Å². The first-order valence-corrected chi connectivity index (χ1v) is 11.6. The SMILES string of the molecule is CC(c1cccc(-n2ccc3ccccc3c2=O)c1)n1nc(-c2ccc(O)c(F)c2)c2c(N)ncnc21. The van der Waals surface area contributed by atoms with Crippen molar-refractivity contribution in [3.63, 3.8) is 0 Å². The Morgan fingerprint density at radius 3 is 2.68 bits per heavy atom. The molecule has 3 N–H and O–H groups in total. The summed E-state index contributed by atoms with van der Waals surface area (Å²) in [5, 5.41) is 16.4. The van der Waals surface area contributed by atoms with Crippen LogP contribution in [0.15, 0.2) is 90.1 Å². The van der Waals surface area contributed by atoms with Gasteiger partial charge in [0.05, 0.1) is 11.4 Å². The molecule has 3 heterocycles. The molecule has 0 saturated carbocycles. The molecule has 1 atom stereocenters. The van der Waals surface area contributed by atoms with E-state index in [1.807, 2.05) is 61.5 Å². The molecule has 37 heavy (non-hydrogen) atoms. The van der Waals surface area contributed by atoms with E-state index in [2.05, 4.69) is 9.97 Å². The maximum atomic E-state index is 14.2. The number of hydrogen-bond donors (Lipinski definition) is 2. The third-order valence-corrected chi connectivity index (χ3v) is 6.55. The molecule has 0 aliphatic rings. The topological polar surface area (TPSA) is 112 Å². The van der Waals surface area contributed by atoms with Crippen LogP contribution in [0.2, 0.25) is 0 Å². The number of benzene rings is 3. The summed E-state index contributed by atoms with van der Waals surface area (Å²) in [6.45, 7) is 1.95. The third kappa shape index (κ3) is 3.68. The number of phenolic OH excluding ortho intramolecular Hbond substituents is 1. The highest BCUT2D eigenvalue weighted by Gasteiger charge is 2.22. The minimum absolute atomic E-state index is 0.107. The van der Waals surface area contributed by atoms with Crippen molar-refractivity contribution in [1.29, 1.82) is 0 Å². The first-order chi connectivity index (χ1) is 17.9. The largest absolute Gasteiger partial charge is 0.505 e. The molecule has 6 aromatic rings. The van der Waals surface area contributed by atoms with Gasteiger partial charge in [-0.1, -0.05) is 30.3 Å². The van der Waals surface area contributed by atoms with Crippen LogP contribution in [0.4, 0.5) is 10.2 Å². The molecule has 0 spiro atoms. The second kappa shape index (κ2) is 8.56. The first-order valence-electron chi connectivity index (χ1n) is 11.6. The molecule has 0 fully saturated rings. The number of hydrogen-bond acceptors (Lipinski definition) is 6. The highest BCUT2D eigenvalue weighted by atomic mass is 19.1. The van der Waals surface area contributed by atoms with Gasteiger partial charge < -0.3 is 10.8 Å². The van der Waals surface area contributed by atoms with Crippen LogP contribution in [0.25, 0.3) is 38.8 Å². The fraction of sp³-hybridized carbons (Fsp3) is 0.0714. The quantitative estimate of drug-likeness (QED) is 0.364.